The van der Waals surface area contributed by atoms with Crippen LogP contribution in [-0.2, 0) is 10.0 Å². The average Bonchev–Trinajstić information content (AvgIpc) is 2.32. The van der Waals surface area contributed by atoms with Crippen molar-refractivity contribution < 1.29 is 13.3 Å². The topological polar surface area (TPSA) is 89.3 Å². The van der Waals surface area contributed by atoms with Gasteiger partial charge in [0.1, 0.15) is 0 Å². The molecule has 0 bridgehead atoms. The molecule has 0 heterocycles. The number of benzene rings is 1. The Labute approximate surface area is 120 Å². The molecule has 1 rings (SSSR count). The van der Waals surface area contributed by atoms with Gasteiger partial charge in [-0.2, -0.15) is 0 Å². The zero-order chi connectivity index (χ0) is 14.6. The molecule has 8 heteroatoms. The van der Waals surface area contributed by atoms with Crippen molar-refractivity contribution >= 4 is 31.6 Å². The Morgan fingerprint density at radius 2 is 2.00 bits per heavy atom. The number of rotatable bonds is 6. The van der Waals surface area contributed by atoms with Crippen LogP contribution in [0, 0.1) is 24.0 Å². The van der Waals surface area contributed by atoms with E-state index in [-0.39, 0.29) is 17.1 Å². The Kier molecular flexibility index (Phi) is 5.45. The van der Waals surface area contributed by atoms with Gasteiger partial charge in [-0.15, -0.1) is 0 Å². The second-order valence-electron chi connectivity index (χ2n) is 4.08. The molecular formula is C11H15BrN2O4S. The van der Waals surface area contributed by atoms with Gasteiger partial charge in [-0.05, 0) is 31.4 Å². The van der Waals surface area contributed by atoms with Gasteiger partial charge in [-0.1, -0.05) is 15.9 Å². The lowest BCUT2D eigenvalue weighted by Crippen LogP contribution is -2.26. The molecule has 1 N–H and O–H groups in total. The van der Waals surface area contributed by atoms with E-state index in [0.717, 1.165) is 6.07 Å². The van der Waals surface area contributed by atoms with E-state index in [1.165, 1.54) is 6.07 Å². The zero-order valence-corrected chi connectivity index (χ0v) is 13.0. The molecule has 0 aromatic heterocycles. The molecule has 0 aliphatic heterocycles. The summed E-state index contributed by atoms with van der Waals surface area (Å²) in [5.74, 6) is 0. The molecule has 0 fully saturated rings. The first-order valence-corrected chi connectivity index (χ1v) is 8.21. The molecule has 0 saturated carbocycles. The lowest BCUT2D eigenvalue weighted by atomic mass is 10.1. The molecule has 0 atom stereocenters. The molecule has 1 aromatic carbocycles. The largest absolute Gasteiger partial charge is 0.271 e. The summed E-state index contributed by atoms with van der Waals surface area (Å²) in [6.07, 6.45) is 0.645. The number of non-ortho nitro benzene ring substituents is 1. The predicted molar refractivity (Wildman–Crippen MR) is 76.2 cm³/mol. The minimum Gasteiger partial charge on any atom is -0.258 e. The molecule has 0 aliphatic carbocycles. The van der Waals surface area contributed by atoms with E-state index >= 15 is 0 Å². The second kappa shape index (κ2) is 6.44. The van der Waals surface area contributed by atoms with Crippen LogP contribution in [0.25, 0.3) is 0 Å². The van der Waals surface area contributed by atoms with Crippen LogP contribution in [0.2, 0.25) is 0 Å². The first kappa shape index (κ1) is 16.1. The number of hydrogen-bond donors (Lipinski definition) is 1. The van der Waals surface area contributed by atoms with Crippen LogP contribution in [-0.4, -0.2) is 25.2 Å². The number of aryl methyl sites for hydroxylation is 1. The number of sulfonamides is 1. The number of alkyl halides is 1. The summed E-state index contributed by atoms with van der Waals surface area (Å²) in [6.45, 7) is 3.58. The number of hydrogen-bond acceptors (Lipinski definition) is 4. The van der Waals surface area contributed by atoms with Crippen molar-refractivity contribution in [1.29, 1.82) is 0 Å². The van der Waals surface area contributed by atoms with Gasteiger partial charge in [0.15, 0.2) is 0 Å². The van der Waals surface area contributed by atoms with Gasteiger partial charge in [0.2, 0.25) is 10.0 Å². The summed E-state index contributed by atoms with van der Waals surface area (Å²) in [7, 11) is -3.72. The molecule has 6 nitrogen and oxygen atoms in total. The van der Waals surface area contributed by atoms with E-state index in [2.05, 4.69) is 20.7 Å². The van der Waals surface area contributed by atoms with Crippen LogP contribution in [0.3, 0.4) is 0 Å². The highest BCUT2D eigenvalue weighted by molar-refractivity contribution is 9.09. The molecule has 0 radical (unpaired) electrons. The summed E-state index contributed by atoms with van der Waals surface area (Å²) in [4.78, 5) is 10.2. The van der Waals surface area contributed by atoms with E-state index in [4.69, 9.17) is 0 Å². The van der Waals surface area contributed by atoms with Crippen LogP contribution in [0.1, 0.15) is 17.5 Å². The van der Waals surface area contributed by atoms with E-state index in [1.54, 1.807) is 13.8 Å². The Morgan fingerprint density at radius 1 is 1.37 bits per heavy atom. The van der Waals surface area contributed by atoms with Gasteiger partial charge in [0, 0.05) is 24.0 Å². The van der Waals surface area contributed by atoms with Crippen LogP contribution in [0.4, 0.5) is 5.69 Å². The molecule has 0 unspecified atom stereocenters. The Hall–Kier alpha value is -0.990. The van der Waals surface area contributed by atoms with Crippen LogP contribution in [0.15, 0.2) is 17.0 Å². The SMILES string of the molecule is Cc1cc([N+](=O)[O-])cc(S(=O)(=O)NCCCBr)c1C. The van der Waals surface area contributed by atoms with Crippen LogP contribution in [0.5, 0.6) is 0 Å². The first-order chi connectivity index (χ1) is 8.79. The van der Waals surface area contributed by atoms with E-state index in [0.29, 0.717) is 22.9 Å². The molecular weight excluding hydrogens is 336 g/mol. The molecule has 0 amide bonds. The number of nitro benzene ring substituents is 1. The van der Waals surface area contributed by atoms with Crippen molar-refractivity contribution in [3.8, 4) is 0 Å². The molecule has 106 valence electrons. The standard InChI is InChI=1S/C11H15BrN2O4S/c1-8-6-10(14(15)16)7-11(9(8)2)19(17,18)13-5-3-4-12/h6-7,13H,3-5H2,1-2H3. The van der Waals surface area contributed by atoms with Crippen molar-refractivity contribution in [2.24, 2.45) is 0 Å². The summed E-state index contributed by atoms with van der Waals surface area (Å²) in [5, 5.41) is 11.5. The fourth-order valence-electron chi connectivity index (χ4n) is 1.54. The smallest absolute Gasteiger partial charge is 0.258 e. The van der Waals surface area contributed by atoms with Gasteiger partial charge in [0.25, 0.3) is 5.69 Å². The Morgan fingerprint density at radius 3 is 2.53 bits per heavy atom. The lowest BCUT2D eigenvalue weighted by molar-refractivity contribution is -0.385. The monoisotopic (exact) mass is 350 g/mol. The number of nitrogens with zero attached hydrogens (tertiary/aromatic N) is 1. The predicted octanol–water partition coefficient (Wildman–Crippen LogP) is 2.27. The normalized spacial score (nSPS) is 11.5. The highest BCUT2D eigenvalue weighted by Gasteiger charge is 2.21. The van der Waals surface area contributed by atoms with Crippen molar-refractivity contribution in [3.05, 3.63) is 33.4 Å². The highest BCUT2D eigenvalue weighted by atomic mass is 79.9. The van der Waals surface area contributed by atoms with Gasteiger partial charge in [-0.25, -0.2) is 13.1 Å². The van der Waals surface area contributed by atoms with Gasteiger partial charge in [0.05, 0.1) is 9.82 Å². The summed E-state index contributed by atoms with van der Waals surface area (Å²) >= 11 is 3.21. The van der Waals surface area contributed by atoms with Crippen molar-refractivity contribution in [3.63, 3.8) is 0 Å². The van der Waals surface area contributed by atoms with Crippen molar-refractivity contribution in [2.75, 3.05) is 11.9 Å². The molecule has 19 heavy (non-hydrogen) atoms. The maximum absolute atomic E-state index is 12.1. The molecule has 0 aliphatic rings. The zero-order valence-electron chi connectivity index (χ0n) is 10.6. The quantitative estimate of drug-likeness (QED) is 0.369. The Balaban J connectivity index is 3.21. The van der Waals surface area contributed by atoms with Gasteiger partial charge < -0.3 is 0 Å². The third-order valence-corrected chi connectivity index (χ3v) is 4.86. The number of nitrogens with one attached hydrogen (secondary N) is 1. The minimum atomic E-state index is -3.72. The molecule has 0 saturated heterocycles. The molecule has 1 aromatic rings. The van der Waals surface area contributed by atoms with Crippen molar-refractivity contribution in [1.82, 2.24) is 4.72 Å². The van der Waals surface area contributed by atoms with Crippen molar-refractivity contribution in [2.45, 2.75) is 25.2 Å². The maximum Gasteiger partial charge on any atom is 0.271 e. The summed E-state index contributed by atoms with van der Waals surface area (Å²) in [6, 6.07) is 2.46. The minimum absolute atomic E-state index is 0.0335. The van der Waals surface area contributed by atoms with E-state index < -0.39 is 14.9 Å². The first-order valence-electron chi connectivity index (χ1n) is 5.61. The molecule has 0 spiro atoms. The number of halogens is 1. The van der Waals surface area contributed by atoms with Gasteiger partial charge in [-0.3, -0.25) is 10.1 Å². The summed E-state index contributed by atoms with van der Waals surface area (Å²) < 4.78 is 26.6. The van der Waals surface area contributed by atoms with E-state index in [1.807, 2.05) is 0 Å². The van der Waals surface area contributed by atoms with E-state index in [9.17, 15) is 18.5 Å². The van der Waals surface area contributed by atoms with Crippen LogP contribution < -0.4 is 4.72 Å². The third-order valence-electron chi connectivity index (χ3n) is 2.71. The van der Waals surface area contributed by atoms with Gasteiger partial charge >= 0.3 is 0 Å². The lowest BCUT2D eigenvalue weighted by Gasteiger charge is -2.10. The van der Waals surface area contributed by atoms with Crippen LogP contribution >= 0.6 is 15.9 Å². The summed E-state index contributed by atoms with van der Waals surface area (Å²) in [5.41, 5.74) is 0.885. The number of nitro groups is 1. The average molecular weight is 351 g/mol. The fraction of sp³-hybridized carbons (Fsp3) is 0.455. The Bertz CT molecular complexity index is 587. The third kappa shape index (κ3) is 3.99. The second-order valence-corrected chi connectivity index (χ2v) is 6.61. The maximum atomic E-state index is 12.1. The highest BCUT2D eigenvalue weighted by Crippen LogP contribution is 2.25. The fourth-order valence-corrected chi connectivity index (χ4v) is 3.23.